The fraction of sp³-hybridized carbons (Fsp3) is 0.567. The number of benzene rings is 1. The van der Waals surface area contributed by atoms with Crippen LogP contribution in [0.1, 0.15) is 73.8 Å². The average Bonchev–Trinajstić information content (AvgIpc) is 3.20. The molecule has 2 bridgehead atoms. The first-order chi connectivity index (χ1) is 17.6. The number of aromatic nitrogens is 1. The number of fused-ring (bicyclic) bond motifs is 3. The number of nitrogens with one attached hydrogen (secondary N) is 1. The quantitative estimate of drug-likeness (QED) is 0.227. The van der Waals surface area contributed by atoms with E-state index < -0.39 is 5.41 Å². The molecule has 7 heteroatoms. The Hall–Kier alpha value is -2.25. The number of ether oxygens (including phenoxy) is 1. The van der Waals surface area contributed by atoms with Crippen LogP contribution in [-0.4, -0.2) is 60.2 Å². The van der Waals surface area contributed by atoms with Gasteiger partial charge >= 0.3 is 5.97 Å². The Labute approximate surface area is 231 Å². The van der Waals surface area contributed by atoms with E-state index >= 15 is 0 Å². The summed E-state index contributed by atoms with van der Waals surface area (Å²) in [6.07, 6.45) is 11.2. The molecule has 4 fully saturated rings. The second-order valence-corrected chi connectivity index (χ2v) is 11.2. The fourth-order valence-electron chi connectivity index (χ4n) is 6.82. The van der Waals surface area contributed by atoms with Gasteiger partial charge in [0.15, 0.2) is 6.10 Å². The van der Waals surface area contributed by atoms with Crippen molar-refractivity contribution in [3.8, 4) is 0 Å². The van der Waals surface area contributed by atoms with Gasteiger partial charge in [0.2, 0.25) is 0 Å². The highest BCUT2D eigenvalue weighted by atomic mass is 79.9. The van der Waals surface area contributed by atoms with Crippen LogP contribution in [0.3, 0.4) is 0 Å². The Bertz CT molecular complexity index is 1020. The minimum Gasteiger partial charge on any atom is -1.00 e. The second kappa shape index (κ2) is 12.5. The van der Waals surface area contributed by atoms with Crippen LogP contribution in [0.15, 0.2) is 54.7 Å². The van der Waals surface area contributed by atoms with Crippen molar-refractivity contribution >= 4 is 11.9 Å². The molecule has 200 valence electrons. The maximum atomic E-state index is 13.9. The number of pyridine rings is 1. The average molecular weight is 571 g/mol. The van der Waals surface area contributed by atoms with Gasteiger partial charge in [-0.2, -0.15) is 0 Å². The van der Waals surface area contributed by atoms with Crippen molar-refractivity contribution in [2.45, 2.75) is 69.3 Å². The van der Waals surface area contributed by atoms with Gasteiger partial charge in [-0.05, 0) is 30.5 Å². The van der Waals surface area contributed by atoms with Gasteiger partial charge < -0.3 is 31.5 Å². The van der Waals surface area contributed by atoms with Gasteiger partial charge in [-0.3, -0.25) is 14.6 Å². The van der Waals surface area contributed by atoms with Crippen LogP contribution >= 0.6 is 0 Å². The molecule has 3 aliphatic heterocycles. The number of nitrogens with zero attached hydrogens (tertiary/aromatic N) is 2. The maximum Gasteiger partial charge on any atom is 0.317 e. The van der Waals surface area contributed by atoms with Crippen LogP contribution in [0, 0.1) is 5.92 Å². The molecule has 1 aromatic heterocycles. The van der Waals surface area contributed by atoms with E-state index in [-0.39, 0.29) is 35.0 Å². The summed E-state index contributed by atoms with van der Waals surface area (Å²) in [7, 11) is 0. The molecule has 2 aromatic rings. The third-order valence-corrected chi connectivity index (χ3v) is 8.97. The Kier molecular flexibility index (Phi) is 9.41. The lowest BCUT2D eigenvalue weighted by Gasteiger charge is -2.52. The number of piperidine rings is 3. The van der Waals surface area contributed by atoms with E-state index in [4.69, 9.17) is 4.74 Å². The predicted octanol–water partition coefficient (Wildman–Crippen LogP) is 1.65. The van der Waals surface area contributed by atoms with Crippen LogP contribution in [0.5, 0.6) is 0 Å². The van der Waals surface area contributed by atoms with E-state index in [2.05, 4.69) is 34.6 Å². The standard InChI is InChI=1S/C30H39N3O3.BrH/c34-28(26-13-6-9-18-31-26)32-19-10-20-33-21-14-24(15-22-33)27(23-33)36-29(35)30(16-7-1-2-8-17-30)25-11-4-3-5-12-25;/h3-6,9,11-13,18,24,27H,1-2,7-8,10,14-17,19-23H2;1H/t24?,27-,33?;/m0./s1. The van der Waals surface area contributed by atoms with Gasteiger partial charge in [-0.1, -0.05) is 62.1 Å². The molecule has 1 saturated carbocycles. The summed E-state index contributed by atoms with van der Waals surface area (Å²) in [6, 6.07) is 15.8. The van der Waals surface area contributed by atoms with E-state index in [0.717, 1.165) is 81.2 Å². The number of esters is 1. The Morgan fingerprint density at radius 1 is 0.973 bits per heavy atom. The zero-order valence-corrected chi connectivity index (χ0v) is 23.3. The molecule has 6 rings (SSSR count). The van der Waals surface area contributed by atoms with E-state index in [9.17, 15) is 9.59 Å². The summed E-state index contributed by atoms with van der Waals surface area (Å²) in [5, 5.41) is 3.01. The highest BCUT2D eigenvalue weighted by Gasteiger charge is 2.50. The van der Waals surface area contributed by atoms with Gasteiger partial charge in [-0.15, -0.1) is 0 Å². The predicted molar refractivity (Wildman–Crippen MR) is 139 cm³/mol. The van der Waals surface area contributed by atoms with Crippen molar-refractivity contribution < 1.29 is 35.8 Å². The summed E-state index contributed by atoms with van der Waals surface area (Å²) in [5.74, 6) is 0.376. The first-order valence-electron chi connectivity index (χ1n) is 13.9. The zero-order chi connectivity index (χ0) is 24.8. The number of carbonyl (C=O) groups is 2. The number of quaternary nitrogens is 1. The minimum atomic E-state index is -0.496. The molecule has 1 amide bonds. The van der Waals surface area contributed by atoms with E-state index in [1.54, 1.807) is 12.3 Å². The van der Waals surface area contributed by atoms with E-state index in [1.165, 1.54) is 12.8 Å². The van der Waals surface area contributed by atoms with Gasteiger partial charge in [0, 0.05) is 37.9 Å². The number of hydrogen-bond donors (Lipinski definition) is 1. The normalized spacial score (nSPS) is 26.4. The summed E-state index contributed by atoms with van der Waals surface area (Å²) in [6.45, 7) is 4.86. The Morgan fingerprint density at radius 2 is 1.68 bits per heavy atom. The third kappa shape index (κ3) is 6.26. The van der Waals surface area contributed by atoms with Crippen molar-refractivity contribution in [1.82, 2.24) is 10.3 Å². The smallest absolute Gasteiger partial charge is 0.317 e. The fourth-order valence-corrected chi connectivity index (χ4v) is 6.82. The second-order valence-electron chi connectivity index (χ2n) is 11.2. The summed E-state index contributed by atoms with van der Waals surface area (Å²) < 4.78 is 7.48. The van der Waals surface area contributed by atoms with Crippen molar-refractivity contribution in [1.29, 1.82) is 0 Å². The van der Waals surface area contributed by atoms with Crippen LogP contribution in [0.25, 0.3) is 0 Å². The molecule has 1 aromatic carbocycles. The number of carbonyl (C=O) groups excluding carboxylic acids is 2. The molecule has 4 aliphatic rings. The van der Waals surface area contributed by atoms with Crippen molar-refractivity contribution in [2.24, 2.45) is 5.92 Å². The summed E-state index contributed by atoms with van der Waals surface area (Å²) in [5.41, 5.74) is 1.09. The number of rotatable bonds is 8. The summed E-state index contributed by atoms with van der Waals surface area (Å²) >= 11 is 0. The highest BCUT2D eigenvalue weighted by Crippen LogP contribution is 2.42. The molecule has 4 heterocycles. The molecule has 1 N–H and O–H groups in total. The van der Waals surface area contributed by atoms with Crippen LogP contribution in [-0.2, 0) is 14.9 Å². The van der Waals surface area contributed by atoms with Gasteiger partial charge in [0.05, 0.1) is 25.0 Å². The monoisotopic (exact) mass is 569 g/mol. The molecule has 37 heavy (non-hydrogen) atoms. The largest absolute Gasteiger partial charge is 1.00 e. The van der Waals surface area contributed by atoms with Crippen molar-refractivity contribution in [2.75, 3.05) is 32.7 Å². The van der Waals surface area contributed by atoms with Crippen LogP contribution in [0.2, 0.25) is 0 Å². The first kappa shape index (κ1) is 27.8. The topological polar surface area (TPSA) is 68.3 Å². The lowest BCUT2D eigenvalue weighted by molar-refractivity contribution is -0.946. The molecule has 1 aliphatic carbocycles. The van der Waals surface area contributed by atoms with Crippen LogP contribution < -0.4 is 22.3 Å². The number of amides is 1. The van der Waals surface area contributed by atoms with E-state index in [1.807, 2.05) is 18.2 Å². The summed E-state index contributed by atoms with van der Waals surface area (Å²) in [4.78, 5) is 30.3. The number of halogens is 1. The molecule has 1 atom stereocenters. The lowest BCUT2D eigenvalue weighted by atomic mass is 9.74. The minimum absolute atomic E-state index is 0. The SMILES string of the molecule is O=C(NCCC[N+]12CCC(CC1)[C@@H](OC(=O)C1(c3ccccc3)CCCCCC1)C2)c1ccccn1.[Br-]. The van der Waals surface area contributed by atoms with Crippen molar-refractivity contribution in [3.05, 3.63) is 66.0 Å². The Balaban J connectivity index is 0.00000320. The van der Waals surface area contributed by atoms with Crippen molar-refractivity contribution in [3.63, 3.8) is 0 Å². The highest BCUT2D eigenvalue weighted by molar-refractivity contribution is 5.92. The maximum absolute atomic E-state index is 13.9. The van der Waals surface area contributed by atoms with E-state index in [0.29, 0.717) is 18.2 Å². The molecule has 0 radical (unpaired) electrons. The molecular weight excluding hydrogens is 530 g/mol. The molecular formula is C30H40BrN3O3. The molecule has 0 unspecified atom stereocenters. The zero-order valence-electron chi connectivity index (χ0n) is 21.7. The molecule has 0 spiro atoms. The van der Waals surface area contributed by atoms with Gasteiger partial charge in [0.1, 0.15) is 12.2 Å². The molecule has 6 nitrogen and oxygen atoms in total. The van der Waals surface area contributed by atoms with Gasteiger partial charge in [-0.25, -0.2) is 0 Å². The number of hydrogen-bond acceptors (Lipinski definition) is 4. The van der Waals surface area contributed by atoms with Gasteiger partial charge in [0.25, 0.3) is 5.91 Å². The Morgan fingerprint density at radius 3 is 2.35 bits per heavy atom. The third-order valence-electron chi connectivity index (χ3n) is 8.97. The first-order valence-corrected chi connectivity index (χ1v) is 13.9. The lowest BCUT2D eigenvalue weighted by Crippen LogP contribution is -3.00. The molecule has 3 saturated heterocycles. The van der Waals surface area contributed by atoms with Crippen LogP contribution in [0.4, 0.5) is 0 Å².